The van der Waals surface area contributed by atoms with Gasteiger partial charge in [0, 0.05) is 23.0 Å². The van der Waals surface area contributed by atoms with E-state index in [4.69, 9.17) is 0 Å². The lowest BCUT2D eigenvalue weighted by molar-refractivity contribution is -0.143. The van der Waals surface area contributed by atoms with Crippen LogP contribution < -0.4 is 0 Å². The number of halogens is 1. The summed E-state index contributed by atoms with van der Waals surface area (Å²) in [6.07, 6.45) is 3.58. The summed E-state index contributed by atoms with van der Waals surface area (Å²) in [5, 5.41) is 9.23. The van der Waals surface area contributed by atoms with E-state index in [1.54, 1.807) is 0 Å². The van der Waals surface area contributed by atoms with Gasteiger partial charge in [0.25, 0.3) is 0 Å². The van der Waals surface area contributed by atoms with Gasteiger partial charge < -0.3 is 10.0 Å². The SMILES string of the molecule is O=C(O)C1CC2CCC1N2C(=O)CCc1cccc(Br)c1. The molecule has 0 aromatic heterocycles. The van der Waals surface area contributed by atoms with Crippen LogP contribution in [0.4, 0.5) is 0 Å². The molecule has 0 saturated carbocycles. The molecule has 1 aromatic rings. The molecular formula is C16H18BrNO3. The predicted molar refractivity (Wildman–Crippen MR) is 81.9 cm³/mol. The highest BCUT2D eigenvalue weighted by molar-refractivity contribution is 9.10. The van der Waals surface area contributed by atoms with E-state index in [0.717, 1.165) is 22.9 Å². The lowest BCUT2D eigenvalue weighted by Crippen LogP contribution is -2.37. The van der Waals surface area contributed by atoms with Gasteiger partial charge in [-0.1, -0.05) is 28.1 Å². The zero-order valence-corrected chi connectivity index (χ0v) is 13.3. The number of carbonyl (C=O) groups is 2. The summed E-state index contributed by atoms with van der Waals surface area (Å²) >= 11 is 3.43. The normalized spacial score (nSPS) is 27.1. The standard InChI is InChI=1S/C16H18BrNO3/c17-11-3-1-2-10(8-11)4-7-15(19)18-12-5-6-14(18)13(9-12)16(20)21/h1-3,8,12-14H,4-7,9H2,(H,20,21). The lowest BCUT2D eigenvalue weighted by atomic mass is 9.89. The number of amides is 1. The van der Waals surface area contributed by atoms with Crippen molar-refractivity contribution in [2.75, 3.05) is 0 Å². The molecule has 4 nitrogen and oxygen atoms in total. The fourth-order valence-corrected chi connectivity index (χ4v) is 4.16. The highest BCUT2D eigenvalue weighted by Crippen LogP contribution is 2.42. The molecule has 5 heteroatoms. The fourth-order valence-electron chi connectivity index (χ4n) is 3.72. The Kier molecular flexibility index (Phi) is 4.02. The number of fused-ring (bicyclic) bond motifs is 2. The van der Waals surface area contributed by atoms with Crippen molar-refractivity contribution < 1.29 is 14.7 Å². The third-order valence-electron chi connectivity index (χ3n) is 4.66. The number of hydrogen-bond donors (Lipinski definition) is 1. The van der Waals surface area contributed by atoms with Crippen LogP contribution in [0.3, 0.4) is 0 Å². The first-order valence-corrected chi connectivity index (χ1v) is 8.14. The average Bonchev–Trinajstić information content (AvgIpc) is 3.02. The van der Waals surface area contributed by atoms with Crippen molar-refractivity contribution in [2.45, 2.75) is 44.2 Å². The number of carbonyl (C=O) groups excluding carboxylic acids is 1. The molecule has 3 unspecified atom stereocenters. The molecule has 1 aromatic carbocycles. The first-order valence-electron chi connectivity index (χ1n) is 7.34. The number of hydrogen-bond acceptors (Lipinski definition) is 2. The molecule has 2 aliphatic heterocycles. The van der Waals surface area contributed by atoms with Crippen molar-refractivity contribution in [2.24, 2.45) is 5.92 Å². The van der Waals surface area contributed by atoms with Crippen LogP contribution in [0.2, 0.25) is 0 Å². The van der Waals surface area contributed by atoms with Crippen LogP contribution in [-0.4, -0.2) is 34.0 Å². The summed E-state index contributed by atoms with van der Waals surface area (Å²) in [6, 6.07) is 8.02. The van der Waals surface area contributed by atoms with Crippen LogP contribution in [-0.2, 0) is 16.0 Å². The van der Waals surface area contributed by atoms with E-state index in [-0.39, 0.29) is 23.9 Å². The second-order valence-electron chi connectivity index (χ2n) is 5.91. The minimum absolute atomic E-state index is 0.0810. The molecule has 0 radical (unpaired) electrons. The van der Waals surface area contributed by atoms with E-state index >= 15 is 0 Å². The molecule has 2 heterocycles. The van der Waals surface area contributed by atoms with Crippen molar-refractivity contribution in [1.29, 1.82) is 0 Å². The van der Waals surface area contributed by atoms with Gasteiger partial charge in [-0.25, -0.2) is 0 Å². The maximum Gasteiger partial charge on any atom is 0.308 e. The maximum atomic E-state index is 12.5. The molecule has 2 bridgehead atoms. The number of carboxylic acids is 1. The van der Waals surface area contributed by atoms with E-state index in [1.165, 1.54) is 0 Å². The van der Waals surface area contributed by atoms with E-state index < -0.39 is 5.97 Å². The van der Waals surface area contributed by atoms with Gasteiger partial charge in [0.1, 0.15) is 0 Å². The Balaban J connectivity index is 1.63. The Morgan fingerprint density at radius 1 is 1.33 bits per heavy atom. The third-order valence-corrected chi connectivity index (χ3v) is 5.15. The zero-order chi connectivity index (χ0) is 15.0. The molecule has 0 spiro atoms. The summed E-state index contributed by atoms with van der Waals surface area (Å²) in [4.78, 5) is 25.5. The average molecular weight is 352 g/mol. The number of carboxylic acid groups (broad SMARTS) is 1. The largest absolute Gasteiger partial charge is 0.481 e. The molecule has 3 rings (SSSR count). The number of nitrogens with zero attached hydrogens (tertiary/aromatic N) is 1. The maximum absolute atomic E-state index is 12.5. The monoisotopic (exact) mass is 351 g/mol. The van der Waals surface area contributed by atoms with Gasteiger partial charge in [0.05, 0.1) is 5.92 Å². The number of rotatable bonds is 4. The number of aryl methyl sites for hydroxylation is 1. The van der Waals surface area contributed by atoms with Crippen molar-refractivity contribution in [3.63, 3.8) is 0 Å². The van der Waals surface area contributed by atoms with Crippen molar-refractivity contribution in [1.82, 2.24) is 4.90 Å². The molecular weight excluding hydrogens is 334 g/mol. The molecule has 3 atom stereocenters. The molecule has 1 N–H and O–H groups in total. The smallest absolute Gasteiger partial charge is 0.308 e. The fraction of sp³-hybridized carbons (Fsp3) is 0.500. The van der Waals surface area contributed by atoms with E-state index in [2.05, 4.69) is 15.9 Å². The number of aliphatic carboxylic acids is 1. The second kappa shape index (κ2) is 5.79. The third kappa shape index (κ3) is 2.84. The first kappa shape index (κ1) is 14.6. The minimum Gasteiger partial charge on any atom is -0.481 e. The summed E-state index contributed by atoms with van der Waals surface area (Å²) in [5.41, 5.74) is 1.12. The van der Waals surface area contributed by atoms with Gasteiger partial charge in [-0.3, -0.25) is 9.59 Å². The topological polar surface area (TPSA) is 57.6 Å². The van der Waals surface area contributed by atoms with Crippen LogP contribution in [0.25, 0.3) is 0 Å². The van der Waals surface area contributed by atoms with Gasteiger partial charge in [0.15, 0.2) is 0 Å². The Morgan fingerprint density at radius 2 is 2.14 bits per heavy atom. The van der Waals surface area contributed by atoms with Crippen LogP contribution in [0, 0.1) is 5.92 Å². The number of benzene rings is 1. The van der Waals surface area contributed by atoms with E-state index in [9.17, 15) is 14.7 Å². The Bertz CT molecular complexity index is 574. The summed E-state index contributed by atoms with van der Waals surface area (Å²) in [6.45, 7) is 0. The van der Waals surface area contributed by atoms with Gasteiger partial charge >= 0.3 is 5.97 Å². The Hall–Kier alpha value is -1.36. The Morgan fingerprint density at radius 3 is 2.81 bits per heavy atom. The highest BCUT2D eigenvalue weighted by Gasteiger charge is 2.50. The van der Waals surface area contributed by atoms with Crippen LogP contribution in [0.5, 0.6) is 0 Å². The highest BCUT2D eigenvalue weighted by atomic mass is 79.9. The van der Waals surface area contributed by atoms with E-state index in [0.29, 0.717) is 19.3 Å². The Labute approximate surface area is 132 Å². The van der Waals surface area contributed by atoms with Gasteiger partial charge in [-0.2, -0.15) is 0 Å². The van der Waals surface area contributed by atoms with Crippen LogP contribution >= 0.6 is 15.9 Å². The molecule has 21 heavy (non-hydrogen) atoms. The molecule has 112 valence electrons. The summed E-state index contributed by atoms with van der Waals surface area (Å²) in [7, 11) is 0. The van der Waals surface area contributed by atoms with Crippen LogP contribution in [0.1, 0.15) is 31.2 Å². The van der Waals surface area contributed by atoms with Gasteiger partial charge in [-0.05, 0) is 43.4 Å². The van der Waals surface area contributed by atoms with Crippen molar-refractivity contribution >= 4 is 27.8 Å². The van der Waals surface area contributed by atoms with Crippen LogP contribution in [0.15, 0.2) is 28.7 Å². The first-order chi connectivity index (χ1) is 10.1. The van der Waals surface area contributed by atoms with E-state index in [1.807, 2.05) is 29.2 Å². The molecule has 2 fully saturated rings. The van der Waals surface area contributed by atoms with Crippen molar-refractivity contribution in [3.8, 4) is 0 Å². The molecule has 2 aliphatic rings. The summed E-state index contributed by atoms with van der Waals surface area (Å²) in [5.74, 6) is -1.02. The minimum atomic E-state index is -0.757. The van der Waals surface area contributed by atoms with Gasteiger partial charge in [0.2, 0.25) is 5.91 Å². The quantitative estimate of drug-likeness (QED) is 0.907. The zero-order valence-electron chi connectivity index (χ0n) is 11.7. The summed E-state index contributed by atoms with van der Waals surface area (Å²) < 4.78 is 1.01. The van der Waals surface area contributed by atoms with Gasteiger partial charge in [-0.15, -0.1) is 0 Å². The lowest BCUT2D eigenvalue weighted by Gasteiger charge is -2.23. The molecule has 0 aliphatic carbocycles. The predicted octanol–water partition coefficient (Wildman–Crippen LogP) is 2.85. The second-order valence-corrected chi connectivity index (χ2v) is 6.83. The molecule has 1 amide bonds. The van der Waals surface area contributed by atoms with Crippen molar-refractivity contribution in [3.05, 3.63) is 34.3 Å². The molecule has 2 saturated heterocycles.